The Morgan fingerprint density at radius 3 is 2.89 bits per heavy atom. The number of hydrogen-bond donors (Lipinski definition) is 0. The molecule has 0 bridgehead atoms. The molecule has 1 aromatic rings. The average Bonchev–Trinajstić information content (AvgIpc) is 2.44. The molecule has 0 saturated heterocycles. The summed E-state index contributed by atoms with van der Waals surface area (Å²) in [4.78, 5) is 24.4. The molecule has 1 aromatic carbocycles. The predicted octanol–water partition coefficient (Wildman–Crippen LogP) is 1.97. The SMILES string of the molecule is C=CC(=O)N1CCCc2cc(C=O)c(OC)cc21. The number of aryl methyl sites for hydroxylation is 1. The lowest BCUT2D eigenvalue weighted by Crippen LogP contribution is -2.34. The Morgan fingerprint density at radius 1 is 1.50 bits per heavy atom. The van der Waals surface area contributed by atoms with Gasteiger partial charge >= 0.3 is 0 Å². The molecule has 0 fully saturated rings. The molecule has 4 nitrogen and oxygen atoms in total. The zero-order chi connectivity index (χ0) is 13.1. The van der Waals surface area contributed by atoms with Crippen molar-refractivity contribution in [3.63, 3.8) is 0 Å². The van der Waals surface area contributed by atoms with Crippen molar-refractivity contribution in [2.45, 2.75) is 12.8 Å². The highest BCUT2D eigenvalue weighted by atomic mass is 16.5. The molecule has 18 heavy (non-hydrogen) atoms. The van der Waals surface area contributed by atoms with Crippen LogP contribution < -0.4 is 9.64 Å². The van der Waals surface area contributed by atoms with E-state index in [1.807, 2.05) is 0 Å². The summed E-state index contributed by atoms with van der Waals surface area (Å²) in [5, 5.41) is 0. The van der Waals surface area contributed by atoms with Crippen LogP contribution in [0.1, 0.15) is 22.3 Å². The number of aldehydes is 1. The van der Waals surface area contributed by atoms with E-state index in [1.54, 1.807) is 17.0 Å². The Hall–Kier alpha value is -2.10. The number of nitrogens with zero attached hydrogens (tertiary/aromatic N) is 1. The molecule has 2 rings (SSSR count). The second-order valence-electron chi connectivity index (χ2n) is 4.14. The van der Waals surface area contributed by atoms with Crippen molar-refractivity contribution in [1.29, 1.82) is 0 Å². The highest BCUT2D eigenvalue weighted by Gasteiger charge is 2.22. The number of fused-ring (bicyclic) bond motifs is 1. The zero-order valence-corrected chi connectivity index (χ0v) is 10.3. The van der Waals surface area contributed by atoms with Gasteiger partial charge in [-0.15, -0.1) is 0 Å². The molecule has 0 N–H and O–H groups in total. The van der Waals surface area contributed by atoms with Crippen LogP contribution in [0.15, 0.2) is 24.8 Å². The number of carbonyl (C=O) groups excluding carboxylic acids is 2. The molecule has 94 valence electrons. The highest BCUT2D eigenvalue weighted by Crippen LogP contribution is 2.33. The van der Waals surface area contributed by atoms with Crippen molar-refractivity contribution in [2.75, 3.05) is 18.6 Å². The van der Waals surface area contributed by atoms with Crippen LogP contribution in [0.4, 0.5) is 5.69 Å². The molecule has 0 radical (unpaired) electrons. The number of benzene rings is 1. The van der Waals surface area contributed by atoms with E-state index in [0.29, 0.717) is 17.9 Å². The fourth-order valence-corrected chi connectivity index (χ4v) is 2.24. The molecular weight excluding hydrogens is 230 g/mol. The van der Waals surface area contributed by atoms with Crippen molar-refractivity contribution in [2.24, 2.45) is 0 Å². The van der Waals surface area contributed by atoms with Crippen LogP contribution in [0, 0.1) is 0 Å². The molecule has 1 aliphatic heterocycles. The maximum atomic E-state index is 11.8. The third kappa shape index (κ3) is 2.01. The van der Waals surface area contributed by atoms with Crippen LogP contribution in [-0.4, -0.2) is 25.8 Å². The third-order valence-corrected chi connectivity index (χ3v) is 3.12. The Bertz CT molecular complexity index is 508. The van der Waals surface area contributed by atoms with E-state index in [-0.39, 0.29) is 5.91 Å². The summed E-state index contributed by atoms with van der Waals surface area (Å²) >= 11 is 0. The van der Waals surface area contributed by atoms with E-state index in [9.17, 15) is 9.59 Å². The number of carbonyl (C=O) groups is 2. The largest absolute Gasteiger partial charge is 0.496 e. The van der Waals surface area contributed by atoms with Crippen molar-refractivity contribution in [3.8, 4) is 5.75 Å². The Morgan fingerprint density at radius 2 is 2.28 bits per heavy atom. The quantitative estimate of drug-likeness (QED) is 0.604. The summed E-state index contributed by atoms with van der Waals surface area (Å²) in [7, 11) is 1.51. The van der Waals surface area contributed by atoms with Gasteiger partial charge in [0.1, 0.15) is 5.75 Å². The van der Waals surface area contributed by atoms with Gasteiger partial charge < -0.3 is 9.64 Å². The minimum absolute atomic E-state index is 0.128. The van der Waals surface area contributed by atoms with Gasteiger partial charge in [-0.1, -0.05) is 6.58 Å². The highest BCUT2D eigenvalue weighted by molar-refractivity contribution is 6.02. The normalized spacial score (nSPS) is 13.7. The first kappa shape index (κ1) is 12.4. The summed E-state index contributed by atoms with van der Waals surface area (Å²) in [6, 6.07) is 3.54. The summed E-state index contributed by atoms with van der Waals surface area (Å²) in [5.41, 5.74) is 2.33. The lowest BCUT2D eigenvalue weighted by molar-refractivity contribution is -0.114. The van der Waals surface area contributed by atoms with Gasteiger partial charge in [0, 0.05) is 12.6 Å². The summed E-state index contributed by atoms with van der Waals surface area (Å²) in [5.74, 6) is 0.365. The first-order chi connectivity index (χ1) is 8.71. The molecule has 0 spiro atoms. The monoisotopic (exact) mass is 245 g/mol. The second kappa shape index (κ2) is 5.04. The van der Waals surface area contributed by atoms with Gasteiger partial charge in [-0.2, -0.15) is 0 Å². The lowest BCUT2D eigenvalue weighted by atomic mass is 9.98. The standard InChI is InChI=1S/C14H15NO3/c1-3-14(17)15-6-4-5-10-7-11(9-16)13(18-2)8-12(10)15/h3,7-9H,1,4-6H2,2H3. The number of methoxy groups -OCH3 is 1. The van der Waals surface area contributed by atoms with Crippen LogP contribution >= 0.6 is 0 Å². The molecule has 1 amide bonds. The van der Waals surface area contributed by atoms with Crippen molar-refractivity contribution in [3.05, 3.63) is 35.9 Å². The van der Waals surface area contributed by atoms with Crippen molar-refractivity contribution >= 4 is 17.9 Å². The summed E-state index contributed by atoms with van der Waals surface area (Å²) in [6.45, 7) is 4.17. The van der Waals surface area contributed by atoms with Crippen LogP contribution in [0.2, 0.25) is 0 Å². The van der Waals surface area contributed by atoms with Gasteiger partial charge in [0.05, 0.1) is 18.4 Å². The molecule has 4 heteroatoms. The molecular formula is C14H15NO3. The third-order valence-electron chi connectivity index (χ3n) is 3.12. The molecule has 1 aliphatic rings. The fraction of sp³-hybridized carbons (Fsp3) is 0.286. The number of amides is 1. The molecule has 0 aliphatic carbocycles. The van der Waals surface area contributed by atoms with E-state index in [1.165, 1.54) is 13.2 Å². The first-order valence-electron chi connectivity index (χ1n) is 5.81. The van der Waals surface area contributed by atoms with E-state index in [0.717, 1.165) is 30.4 Å². The summed E-state index contributed by atoms with van der Waals surface area (Å²) < 4.78 is 5.17. The minimum Gasteiger partial charge on any atom is -0.496 e. The van der Waals surface area contributed by atoms with E-state index < -0.39 is 0 Å². The predicted molar refractivity (Wildman–Crippen MR) is 69.3 cm³/mol. The summed E-state index contributed by atoms with van der Waals surface area (Å²) in [6.07, 6.45) is 3.82. The molecule has 1 heterocycles. The number of anilines is 1. The van der Waals surface area contributed by atoms with Crippen LogP contribution in [-0.2, 0) is 11.2 Å². The molecule has 0 atom stereocenters. The fourth-order valence-electron chi connectivity index (χ4n) is 2.24. The zero-order valence-electron chi connectivity index (χ0n) is 10.3. The average molecular weight is 245 g/mol. The first-order valence-corrected chi connectivity index (χ1v) is 5.81. The number of rotatable bonds is 3. The van der Waals surface area contributed by atoms with Gasteiger partial charge in [-0.05, 0) is 30.5 Å². The van der Waals surface area contributed by atoms with Crippen LogP contribution in [0.25, 0.3) is 0 Å². The topological polar surface area (TPSA) is 46.6 Å². The van der Waals surface area contributed by atoms with Gasteiger partial charge in [0.25, 0.3) is 0 Å². The van der Waals surface area contributed by atoms with Gasteiger partial charge in [0.15, 0.2) is 6.29 Å². The maximum Gasteiger partial charge on any atom is 0.250 e. The Balaban J connectivity index is 2.53. The molecule has 0 aromatic heterocycles. The van der Waals surface area contributed by atoms with E-state index >= 15 is 0 Å². The maximum absolute atomic E-state index is 11.8. The van der Waals surface area contributed by atoms with E-state index in [2.05, 4.69) is 6.58 Å². The van der Waals surface area contributed by atoms with Crippen molar-refractivity contribution in [1.82, 2.24) is 0 Å². The van der Waals surface area contributed by atoms with Gasteiger partial charge in [0.2, 0.25) is 5.91 Å². The van der Waals surface area contributed by atoms with Gasteiger partial charge in [-0.25, -0.2) is 0 Å². The number of hydrogen-bond acceptors (Lipinski definition) is 3. The lowest BCUT2D eigenvalue weighted by Gasteiger charge is -2.29. The molecule has 0 saturated carbocycles. The second-order valence-corrected chi connectivity index (χ2v) is 4.14. The molecule has 0 unspecified atom stereocenters. The van der Waals surface area contributed by atoms with E-state index in [4.69, 9.17) is 4.74 Å². The Labute approximate surface area is 106 Å². The number of ether oxygens (including phenoxy) is 1. The van der Waals surface area contributed by atoms with Crippen LogP contribution in [0.3, 0.4) is 0 Å². The van der Waals surface area contributed by atoms with Crippen molar-refractivity contribution < 1.29 is 14.3 Å². The van der Waals surface area contributed by atoms with Gasteiger partial charge in [-0.3, -0.25) is 9.59 Å². The Kier molecular flexibility index (Phi) is 3.46. The minimum atomic E-state index is -0.128. The van der Waals surface area contributed by atoms with Crippen LogP contribution in [0.5, 0.6) is 5.75 Å². The smallest absolute Gasteiger partial charge is 0.250 e.